The highest BCUT2D eigenvalue weighted by Crippen LogP contribution is 2.06. The molecule has 0 aliphatic heterocycles. The summed E-state index contributed by atoms with van der Waals surface area (Å²) in [6.45, 7) is 0.522. The molecule has 0 bridgehead atoms. The van der Waals surface area contributed by atoms with Crippen molar-refractivity contribution in [1.82, 2.24) is 5.32 Å². The summed E-state index contributed by atoms with van der Waals surface area (Å²) in [6.07, 6.45) is 0. The van der Waals surface area contributed by atoms with Gasteiger partial charge in [-0.25, -0.2) is 0 Å². The van der Waals surface area contributed by atoms with Crippen LogP contribution in [0.25, 0.3) is 0 Å². The van der Waals surface area contributed by atoms with Crippen LogP contribution in [0.3, 0.4) is 0 Å². The molecule has 2 rings (SSSR count). The molecule has 0 aromatic heterocycles. The van der Waals surface area contributed by atoms with Crippen LogP contribution < -0.4 is 11.1 Å². The zero-order valence-electron chi connectivity index (χ0n) is 9.39. The molecule has 86 valence electrons. The molecule has 0 aliphatic rings. The van der Waals surface area contributed by atoms with E-state index in [0.717, 1.165) is 5.56 Å². The molecular weight excluding hydrogens is 212 g/mol. The van der Waals surface area contributed by atoms with Crippen LogP contribution in [0.15, 0.2) is 54.6 Å². The van der Waals surface area contributed by atoms with Gasteiger partial charge in [-0.3, -0.25) is 4.79 Å². The van der Waals surface area contributed by atoms with Crippen LogP contribution >= 0.6 is 0 Å². The van der Waals surface area contributed by atoms with E-state index in [0.29, 0.717) is 17.8 Å². The first-order chi connectivity index (χ1) is 8.25. The molecule has 1 amide bonds. The molecule has 0 saturated carbocycles. The Balaban J connectivity index is 1.98. The Morgan fingerprint density at radius 1 is 1.06 bits per heavy atom. The molecule has 0 unspecified atom stereocenters. The molecule has 0 fully saturated rings. The minimum Gasteiger partial charge on any atom is -0.399 e. The van der Waals surface area contributed by atoms with E-state index in [9.17, 15) is 4.79 Å². The van der Waals surface area contributed by atoms with Gasteiger partial charge in [-0.05, 0) is 23.8 Å². The Kier molecular flexibility index (Phi) is 3.40. The van der Waals surface area contributed by atoms with Gasteiger partial charge in [0.25, 0.3) is 5.91 Å². The van der Waals surface area contributed by atoms with Crippen LogP contribution in [0.5, 0.6) is 0 Å². The van der Waals surface area contributed by atoms with E-state index in [-0.39, 0.29) is 5.91 Å². The Hall–Kier alpha value is -2.29. The third-order valence-electron chi connectivity index (χ3n) is 2.44. The zero-order valence-corrected chi connectivity index (χ0v) is 9.39. The number of hydrogen-bond acceptors (Lipinski definition) is 2. The van der Waals surface area contributed by atoms with Crippen LogP contribution in [-0.2, 0) is 6.54 Å². The number of amides is 1. The fourth-order valence-electron chi connectivity index (χ4n) is 1.56. The van der Waals surface area contributed by atoms with Gasteiger partial charge in [0.05, 0.1) is 0 Å². The highest BCUT2D eigenvalue weighted by molar-refractivity contribution is 5.94. The number of hydrogen-bond donors (Lipinski definition) is 2. The first-order valence-corrected chi connectivity index (χ1v) is 5.43. The maximum atomic E-state index is 11.8. The molecular formula is C14H14N2O. The lowest BCUT2D eigenvalue weighted by Crippen LogP contribution is -2.22. The second-order valence-corrected chi connectivity index (χ2v) is 3.79. The Morgan fingerprint density at radius 3 is 2.53 bits per heavy atom. The Morgan fingerprint density at radius 2 is 1.82 bits per heavy atom. The average molecular weight is 226 g/mol. The molecule has 2 aromatic carbocycles. The van der Waals surface area contributed by atoms with Crippen molar-refractivity contribution in [3.05, 3.63) is 65.7 Å². The summed E-state index contributed by atoms with van der Waals surface area (Å²) in [6, 6.07) is 16.7. The molecule has 3 N–H and O–H groups in total. The predicted octanol–water partition coefficient (Wildman–Crippen LogP) is 2.20. The molecule has 0 radical (unpaired) electrons. The summed E-state index contributed by atoms with van der Waals surface area (Å²) < 4.78 is 0. The molecule has 17 heavy (non-hydrogen) atoms. The quantitative estimate of drug-likeness (QED) is 0.788. The van der Waals surface area contributed by atoms with Gasteiger partial charge in [0, 0.05) is 17.8 Å². The van der Waals surface area contributed by atoms with E-state index >= 15 is 0 Å². The third-order valence-corrected chi connectivity index (χ3v) is 2.44. The first-order valence-electron chi connectivity index (χ1n) is 5.43. The molecule has 0 aliphatic carbocycles. The number of nitrogens with two attached hydrogens (primary N) is 1. The zero-order chi connectivity index (χ0) is 12.1. The minimum atomic E-state index is -0.110. The van der Waals surface area contributed by atoms with E-state index in [1.54, 1.807) is 24.3 Å². The maximum absolute atomic E-state index is 11.8. The van der Waals surface area contributed by atoms with Crippen molar-refractivity contribution in [3.8, 4) is 0 Å². The van der Waals surface area contributed by atoms with E-state index in [1.807, 2.05) is 30.3 Å². The SMILES string of the molecule is Nc1cccc(C(=O)NCc2ccccc2)c1. The summed E-state index contributed by atoms with van der Waals surface area (Å²) in [5.41, 5.74) is 7.88. The van der Waals surface area contributed by atoms with Crippen molar-refractivity contribution in [3.63, 3.8) is 0 Å². The number of nitrogens with one attached hydrogen (secondary N) is 1. The summed E-state index contributed by atoms with van der Waals surface area (Å²) >= 11 is 0. The van der Waals surface area contributed by atoms with Gasteiger partial charge in [-0.15, -0.1) is 0 Å². The van der Waals surface area contributed by atoms with Crippen molar-refractivity contribution in [1.29, 1.82) is 0 Å². The van der Waals surface area contributed by atoms with Crippen LogP contribution in [0, 0.1) is 0 Å². The summed E-state index contributed by atoms with van der Waals surface area (Å²) in [5, 5.41) is 2.85. The molecule has 3 nitrogen and oxygen atoms in total. The number of carbonyl (C=O) groups excluding carboxylic acids is 1. The van der Waals surface area contributed by atoms with Crippen molar-refractivity contribution in [2.24, 2.45) is 0 Å². The lowest BCUT2D eigenvalue weighted by atomic mass is 10.2. The maximum Gasteiger partial charge on any atom is 0.251 e. The summed E-state index contributed by atoms with van der Waals surface area (Å²) in [4.78, 5) is 11.8. The van der Waals surface area contributed by atoms with Gasteiger partial charge in [0.15, 0.2) is 0 Å². The fourth-order valence-corrected chi connectivity index (χ4v) is 1.56. The Bertz CT molecular complexity index is 509. The monoisotopic (exact) mass is 226 g/mol. The Labute approximate surface area is 100 Å². The molecule has 0 spiro atoms. The second kappa shape index (κ2) is 5.16. The fraction of sp³-hybridized carbons (Fsp3) is 0.0714. The molecule has 3 heteroatoms. The predicted molar refractivity (Wildman–Crippen MR) is 68.5 cm³/mol. The number of rotatable bonds is 3. The van der Waals surface area contributed by atoms with Crippen LogP contribution in [0.2, 0.25) is 0 Å². The van der Waals surface area contributed by atoms with Crippen LogP contribution in [0.1, 0.15) is 15.9 Å². The summed E-state index contributed by atoms with van der Waals surface area (Å²) in [7, 11) is 0. The number of nitrogen functional groups attached to an aromatic ring is 1. The molecule has 0 atom stereocenters. The highest BCUT2D eigenvalue weighted by Gasteiger charge is 2.04. The molecule has 0 saturated heterocycles. The topological polar surface area (TPSA) is 55.1 Å². The van der Waals surface area contributed by atoms with Gasteiger partial charge in [-0.2, -0.15) is 0 Å². The second-order valence-electron chi connectivity index (χ2n) is 3.79. The average Bonchev–Trinajstić information content (AvgIpc) is 2.37. The smallest absolute Gasteiger partial charge is 0.251 e. The van der Waals surface area contributed by atoms with Crippen molar-refractivity contribution in [2.75, 3.05) is 5.73 Å². The van der Waals surface area contributed by atoms with Crippen molar-refractivity contribution >= 4 is 11.6 Å². The normalized spacial score (nSPS) is 9.88. The summed E-state index contributed by atoms with van der Waals surface area (Å²) in [5.74, 6) is -0.110. The standard InChI is InChI=1S/C14H14N2O/c15-13-8-4-7-12(9-13)14(17)16-10-11-5-2-1-3-6-11/h1-9H,10,15H2,(H,16,17). The van der Waals surface area contributed by atoms with Crippen LogP contribution in [-0.4, -0.2) is 5.91 Å². The number of benzene rings is 2. The largest absolute Gasteiger partial charge is 0.399 e. The van der Waals surface area contributed by atoms with E-state index in [1.165, 1.54) is 0 Å². The van der Waals surface area contributed by atoms with Crippen molar-refractivity contribution in [2.45, 2.75) is 6.54 Å². The van der Waals surface area contributed by atoms with Gasteiger partial charge in [-0.1, -0.05) is 36.4 Å². The van der Waals surface area contributed by atoms with Crippen LogP contribution in [0.4, 0.5) is 5.69 Å². The van der Waals surface area contributed by atoms with Gasteiger partial charge < -0.3 is 11.1 Å². The minimum absolute atomic E-state index is 0.110. The van der Waals surface area contributed by atoms with Gasteiger partial charge in [0.1, 0.15) is 0 Å². The lowest BCUT2D eigenvalue weighted by Gasteiger charge is -2.05. The van der Waals surface area contributed by atoms with E-state index in [2.05, 4.69) is 5.32 Å². The lowest BCUT2D eigenvalue weighted by molar-refractivity contribution is 0.0951. The number of carbonyl (C=O) groups is 1. The van der Waals surface area contributed by atoms with Crippen molar-refractivity contribution < 1.29 is 4.79 Å². The number of anilines is 1. The molecule has 2 aromatic rings. The highest BCUT2D eigenvalue weighted by atomic mass is 16.1. The van der Waals surface area contributed by atoms with E-state index in [4.69, 9.17) is 5.73 Å². The molecule has 0 heterocycles. The first kappa shape index (κ1) is 11.2. The van der Waals surface area contributed by atoms with Gasteiger partial charge >= 0.3 is 0 Å². The van der Waals surface area contributed by atoms with E-state index < -0.39 is 0 Å². The third kappa shape index (κ3) is 3.08. The van der Waals surface area contributed by atoms with Gasteiger partial charge in [0.2, 0.25) is 0 Å².